The van der Waals surface area contributed by atoms with Crippen LogP contribution in [0.1, 0.15) is 6.92 Å². The molecule has 0 aromatic heterocycles. The van der Waals surface area contributed by atoms with Crippen LogP contribution in [-0.2, 0) is 9.53 Å². The summed E-state index contributed by atoms with van der Waals surface area (Å²) in [6.45, 7) is 0.852. The zero-order chi connectivity index (χ0) is 10.6. The second-order valence-electron chi connectivity index (χ2n) is 1.82. The Morgan fingerprint density at radius 3 is 2.08 bits per heavy atom. The summed E-state index contributed by atoms with van der Waals surface area (Å²) in [5, 5.41) is 19.7. The number of nitro groups is 2. The Morgan fingerprint density at radius 2 is 1.85 bits per heavy atom. The first-order chi connectivity index (χ1) is 5.87. The van der Waals surface area contributed by atoms with Crippen molar-refractivity contribution in [3.63, 3.8) is 0 Å². The number of halogens is 1. The molecule has 0 amide bonds. The smallest absolute Gasteiger partial charge is 0.453 e. The average molecular weight is 196 g/mol. The molecule has 0 N–H and O–H groups in total. The SMILES string of the molecule is CCOC(=O)C(F)([N+](=O)[O-])[N+](=O)[O-]. The number of carbonyl (C=O) groups is 1. The highest BCUT2D eigenvalue weighted by molar-refractivity contribution is 5.75. The molecule has 0 spiro atoms. The van der Waals surface area contributed by atoms with Gasteiger partial charge in [-0.3, -0.25) is 20.2 Å². The van der Waals surface area contributed by atoms with Crippen LogP contribution in [0.5, 0.6) is 0 Å². The molecule has 0 aliphatic heterocycles. The maximum atomic E-state index is 12.7. The predicted octanol–water partition coefficient (Wildman–Crippen LogP) is -0.274. The maximum Gasteiger partial charge on any atom is 0.715 e. The summed E-state index contributed by atoms with van der Waals surface area (Å²) in [4.78, 5) is 26.3. The molecule has 0 radical (unpaired) electrons. The summed E-state index contributed by atoms with van der Waals surface area (Å²) < 4.78 is 16.6. The van der Waals surface area contributed by atoms with E-state index >= 15 is 0 Å². The normalized spacial score (nSPS) is 10.6. The maximum absolute atomic E-state index is 12.7. The van der Waals surface area contributed by atoms with E-state index in [2.05, 4.69) is 4.74 Å². The molecule has 9 heteroatoms. The zero-order valence-corrected chi connectivity index (χ0v) is 6.43. The van der Waals surface area contributed by atoms with Gasteiger partial charge in [0, 0.05) is 0 Å². The quantitative estimate of drug-likeness (QED) is 0.201. The van der Waals surface area contributed by atoms with Crippen LogP contribution in [-0.4, -0.2) is 28.3 Å². The van der Waals surface area contributed by atoms with Crippen molar-refractivity contribution >= 4 is 5.97 Å². The van der Waals surface area contributed by atoms with Crippen molar-refractivity contribution in [2.75, 3.05) is 6.61 Å². The number of hydrogen-bond donors (Lipinski definition) is 0. The summed E-state index contributed by atoms with van der Waals surface area (Å²) in [6.07, 6.45) is 0. The van der Waals surface area contributed by atoms with Gasteiger partial charge in [0.2, 0.25) is 0 Å². The molecule has 0 aromatic rings. The molecule has 74 valence electrons. The van der Waals surface area contributed by atoms with Crippen molar-refractivity contribution in [3.05, 3.63) is 20.2 Å². The van der Waals surface area contributed by atoms with E-state index in [1.165, 1.54) is 6.92 Å². The minimum atomic E-state index is -4.41. The highest BCUT2D eigenvalue weighted by atomic mass is 19.2. The second-order valence-corrected chi connectivity index (χ2v) is 1.82. The topological polar surface area (TPSA) is 113 Å². The number of carbonyl (C=O) groups excluding carboxylic acids is 1. The monoisotopic (exact) mass is 196 g/mol. The van der Waals surface area contributed by atoms with Crippen LogP contribution in [0.15, 0.2) is 0 Å². The first-order valence-electron chi connectivity index (χ1n) is 3.02. The van der Waals surface area contributed by atoms with Gasteiger partial charge in [0.05, 0.1) is 6.61 Å². The van der Waals surface area contributed by atoms with Crippen LogP contribution in [0.4, 0.5) is 4.39 Å². The first-order valence-corrected chi connectivity index (χ1v) is 3.02. The molecule has 0 aliphatic carbocycles. The zero-order valence-electron chi connectivity index (χ0n) is 6.43. The van der Waals surface area contributed by atoms with E-state index in [0.29, 0.717) is 0 Å². The lowest BCUT2D eigenvalue weighted by molar-refractivity contribution is -0.811. The summed E-state index contributed by atoms with van der Waals surface area (Å²) in [6, 6.07) is 0. The standard InChI is InChI=1S/C4H5FN2O6/c1-2-13-3(8)4(5,6(9)10)7(11)12/h2H2,1H3. The minimum Gasteiger partial charge on any atom is -0.453 e. The first kappa shape index (κ1) is 11.2. The molecular formula is C4H5FN2O6. The summed E-state index contributed by atoms with van der Waals surface area (Å²) >= 11 is 0. The van der Waals surface area contributed by atoms with Gasteiger partial charge in [0.1, 0.15) is 9.85 Å². The molecule has 0 atom stereocenters. The number of nitrogens with zero attached hydrogens (tertiary/aromatic N) is 2. The molecule has 0 unspecified atom stereocenters. The van der Waals surface area contributed by atoms with E-state index < -0.39 is 21.7 Å². The van der Waals surface area contributed by atoms with Crippen molar-refractivity contribution in [1.29, 1.82) is 0 Å². The summed E-state index contributed by atoms with van der Waals surface area (Å²) in [7, 11) is 0. The fourth-order valence-corrected chi connectivity index (χ4v) is 0.439. The van der Waals surface area contributed by atoms with Gasteiger partial charge in [-0.15, -0.1) is 0 Å². The Labute approximate surface area is 70.6 Å². The molecule has 13 heavy (non-hydrogen) atoms. The Hall–Kier alpha value is -1.80. The molecule has 0 fully saturated rings. The van der Waals surface area contributed by atoms with Crippen LogP contribution >= 0.6 is 0 Å². The van der Waals surface area contributed by atoms with Crippen molar-refractivity contribution in [1.82, 2.24) is 0 Å². The highest BCUT2D eigenvalue weighted by Crippen LogP contribution is 2.14. The van der Waals surface area contributed by atoms with Gasteiger partial charge in [-0.2, -0.15) is 0 Å². The molecule has 0 saturated heterocycles. The van der Waals surface area contributed by atoms with Crippen molar-refractivity contribution in [2.45, 2.75) is 12.8 Å². The van der Waals surface area contributed by atoms with Crippen molar-refractivity contribution in [3.8, 4) is 0 Å². The molecule has 0 aromatic carbocycles. The predicted molar refractivity (Wildman–Crippen MR) is 34.5 cm³/mol. The van der Waals surface area contributed by atoms with Crippen LogP contribution in [0.25, 0.3) is 0 Å². The van der Waals surface area contributed by atoms with Gasteiger partial charge >= 0.3 is 11.9 Å². The van der Waals surface area contributed by atoms with Crippen LogP contribution < -0.4 is 0 Å². The third-order valence-electron chi connectivity index (χ3n) is 1.02. The summed E-state index contributed by atoms with van der Waals surface area (Å²) in [5.41, 5.74) is 0. The fourth-order valence-electron chi connectivity index (χ4n) is 0.439. The van der Waals surface area contributed by atoms with E-state index in [1.807, 2.05) is 0 Å². The van der Waals surface area contributed by atoms with Gasteiger partial charge in [-0.25, -0.2) is 4.79 Å². The Bertz CT molecular complexity index is 239. The lowest BCUT2D eigenvalue weighted by atomic mass is 10.5. The fraction of sp³-hybridized carbons (Fsp3) is 0.750. The Balaban J connectivity index is 4.91. The third-order valence-corrected chi connectivity index (χ3v) is 1.02. The number of ether oxygens (including phenoxy) is 1. The molecule has 0 aliphatic rings. The van der Waals surface area contributed by atoms with E-state index in [1.54, 1.807) is 0 Å². The Morgan fingerprint density at radius 1 is 1.46 bits per heavy atom. The van der Waals surface area contributed by atoms with Crippen molar-refractivity contribution < 1.29 is 23.8 Å². The molecule has 0 rings (SSSR count). The largest absolute Gasteiger partial charge is 0.715 e. The lowest BCUT2D eigenvalue weighted by Crippen LogP contribution is -2.50. The number of esters is 1. The van der Waals surface area contributed by atoms with Crippen LogP contribution in [0.3, 0.4) is 0 Å². The van der Waals surface area contributed by atoms with E-state index in [0.717, 1.165) is 0 Å². The van der Waals surface area contributed by atoms with Gasteiger partial charge in [-0.05, 0) is 6.92 Å². The van der Waals surface area contributed by atoms with Gasteiger partial charge < -0.3 is 4.74 Å². The van der Waals surface area contributed by atoms with Gasteiger partial charge in [-0.1, -0.05) is 4.39 Å². The highest BCUT2D eigenvalue weighted by Gasteiger charge is 2.68. The van der Waals surface area contributed by atoms with Crippen LogP contribution in [0.2, 0.25) is 0 Å². The van der Waals surface area contributed by atoms with E-state index in [9.17, 15) is 29.4 Å². The summed E-state index contributed by atoms with van der Waals surface area (Å²) in [5.74, 6) is -6.54. The molecular weight excluding hydrogens is 191 g/mol. The molecule has 0 bridgehead atoms. The third kappa shape index (κ3) is 1.86. The lowest BCUT2D eigenvalue weighted by Gasteiger charge is -2.05. The number of rotatable bonds is 4. The van der Waals surface area contributed by atoms with Crippen LogP contribution in [0, 0.1) is 20.2 Å². The molecule has 0 saturated carbocycles. The Kier molecular flexibility index (Phi) is 3.22. The number of hydrogen-bond acceptors (Lipinski definition) is 6. The van der Waals surface area contributed by atoms with Crippen molar-refractivity contribution in [2.24, 2.45) is 0 Å². The number of alkyl halides is 1. The van der Waals surface area contributed by atoms with E-state index in [4.69, 9.17) is 0 Å². The van der Waals surface area contributed by atoms with E-state index in [-0.39, 0.29) is 6.61 Å². The molecule has 0 heterocycles. The van der Waals surface area contributed by atoms with Gasteiger partial charge in [0.15, 0.2) is 0 Å². The minimum absolute atomic E-state index is 0.383. The molecule has 8 nitrogen and oxygen atoms in total. The average Bonchev–Trinajstić information content (AvgIpc) is 2.02. The second kappa shape index (κ2) is 3.74. The van der Waals surface area contributed by atoms with Gasteiger partial charge in [0.25, 0.3) is 0 Å².